The predicted octanol–water partition coefficient (Wildman–Crippen LogP) is 3.01. The third-order valence-electron chi connectivity index (χ3n) is 3.82. The molecule has 0 saturated carbocycles. The fourth-order valence-corrected chi connectivity index (χ4v) is 2.53. The number of carbonyl (C=O) groups excluding carboxylic acids is 1. The summed E-state index contributed by atoms with van der Waals surface area (Å²) < 4.78 is 0. The topological polar surface area (TPSA) is 87.2 Å². The van der Waals surface area contributed by atoms with Gasteiger partial charge >= 0.3 is 0 Å². The lowest BCUT2D eigenvalue weighted by atomic mass is 9.82. The van der Waals surface area contributed by atoms with Gasteiger partial charge in [0.15, 0.2) is 0 Å². The van der Waals surface area contributed by atoms with Crippen LogP contribution in [0.25, 0.3) is 0 Å². The number of rotatable bonds is 2. The second kappa shape index (κ2) is 5.70. The highest BCUT2D eigenvalue weighted by Crippen LogP contribution is 2.31. The molecule has 110 valence electrons. The van der Waals surface area contributed by atoms with Crippen LogP contribution in [0.3, 0.4) is 0 Å². The van der Waals surface area contributed by atoms with Crippen molar-refractivity contribution in [3.8, 4) is 6.07 Å². The van der Waals surface area contributed by atoms with Gasteiger partial charge in [-0.1, -0.05) is 11.6 Å². The van der Waals surface area contributed by atoms with Crippen LogP contribution in [0.15, 0.2) is 18.2 Å². The van der Waals surface area contributed by atoms with E-state index in [-0.39, 0.29) is 22.2 Å². The molecule has 0 spiro atoms. The molecule has 1 fully saturated rings. The van der Waals surface area contributed by atoms with E-state index >= 15 is 0 Å². The Labute approximate surface area is 127 Å². The van der Waals surface area contributed by atoms with E-state index in [0.717, 1.165) is 0 Å². The van der Waals surface area contributed by atoms with Crippen LogP contribution >= 0.6 is 11.6 Å². The van der Waals surface area contributed by atoms with Crippen LogP contribution in [0.1, 0.15) is 30.1 Å². The summed E-state index contributed by atoms with van der Waals surface area (Å²) >= 11 is 5.97. The highest BCUT2D eigenvalue weighted by atomic mass is 35.5. The van der Waals surface area contributed by atoms with Gasteiger partial charge in [0.05, 0.1) is 27.0 Å². The Morgan fingerprint density at radius 2 is 2.10 bits per heavy atom. The van der Waals surface area contributed by atoms with Crippen LogP contribution in [0, 0.1) is 26.9 Å². The lowest BCUT2D eigenvalue weighted by molar-refractivity contribution is -0.384. The molecule has 0 aromatic heterocycles. The molecular formula is C14H14ClN3O3. The van der Waals surface area contributed by atoms with Crippen LogP contribution in [0.4, 0.5) is 5.69 Å². The largest absolute Gasteiger partial charge is 0.338 e. The van der Waals surface area contributed by atoms with Crippen molar-refractivity contribution in [2.45, 2.75) is 19.8 Å². The SMILES string of the molecule is CC1(C#N)CCN(C(=O)c2ccc([N+](=O)[O-])cc2Cl)CC1. The minimum absolute atomic E-state index is 0.0721. The normalized spacial score (nSPS) is 17.1. The summed E-state index contributed by atoms with van der Waals surface area (Å²) in [6.07, 6.45) is 1.22. The first-order chi connectivity index (χ1) is 9.86. The molecule has 1 aliphatic heterocycles. The molecular weight excluding hydrogens is 294 g/mol. The average Bonchev–Trinajstić information content (AvgIpc) is 2.47. The molecule has 0 bridgehead atoms. The zero-order valence-electron chi connectivity index (χ0n) is 11.5. The molecule has 1 aliphatic rings. The fraction of sp³-hybridized carbons (Fsp3) is 0.429. The highest BCUT2D eigenvalue weighted by molar-refractivity contribution is 6.34. The van der Waals surface area contributed by atoms with Crippen LogP contribution in [0.2, 0.25) is 5.02 Å². The number of halogens is 1. The van der Waals surface area contributed by atoms with Crippen LogP contribution in [-0.4, -0.2) is 28.8 Å². The molecule has 1 aromatic rings. The van der Waals surface area contributed by atoms with E-state index < -0.39 is 10.3 Å². The number of nitro groups is 1. The van der Waals surface area contributed by atoms with Gasteiger partial charge in [-0.15, -0.1) is 0 Å². The number of nitro benzene ring substituents is 1. The van der Waals surface area contributed by atoms with Gasteiger partial charge in [0.2, 0.25) is 0 Å². The maximum absolute atomic E-state index is 12.4. The number of non-ortho nitro benzene ring substituents is 1. The maximum Gasteiger partial charge on any atom is 0.270 e. The van der Waals surface area contributed by atoms with E-state index in [0.29, 0.717) is 25.9 Å². The zero-order chi connectivity index (χ0) is 15.6. The fourth-order valence-electron chi connectivity index (χ4n) is 2.28. The standard InChI is InChI=1S/C14H14ClN3O3/c1-14(9-16)4-6-17(7-5-14)13(19)11-3-2-10(18(20)21)8-12(11)15/h2-3,8H,4-7H2,1H3. The van der Waals surface area contributed by atoms with Gasteiger partial charge in [-0.3, -0.25) is 14.9 Å². The van der Waals surface area contributed by atoms with E-state index in [1.807, 2.05) is 6.92 Å². The zero-order valence-corrected chi connectivity index (χ0v) is 12.3. The molecule has 6 nitrogen and oxygen atoms in total. The van der Waals surface area contributed by atoms with Gasteiger partial charge in [0.1, 0.15) is 0 Å². The van der Waals surface area contributed by atoms with E-state index in [4.69, 9.17) is 16.9 Å². The van der Waals surface area contributed by atoms with Gasteiger partial charge in [-0.25, -0.2) is 0 Å². The number of piperidine rings is 1. The Morgan fingerprint density at radius 3 is 2.57 bits per heavy atom. The molecule has 7 heteroatoms. The van der Waals surface area contributed by atoms with Gasteiger partial charge in [0, 0.05) is 25.2 Å². The minimum Gasteiger partial charge on any atom is -0.338 e. The molecule has 1 saturated heterocycles. The first kappa shape index (κ1) is 15.3. The molecule has 0 aliphatic carbocycles. The third-order valence-corrected chi connectivity index (χ3v) is 4.13. The number of nitriles is 1. The molecule has 1 aromatic carbocycles. The molecule has 0 radical (unpaired) electrons. The number of hydrogen-bond donors (Lipinski definition) is 0. The number of amides is 1. The molecule has 0 atom stereocenters. The predicted molar refractivity (Wildman–Crippen MR) is 77.0 cm³/mol. The van der Waals surface area contributed by atoms with Crippen molar-refractivity contribution in [2.24, 2.45) is 5.41 Å². The highest BCUT2D eigenvalue weighted by Gasteiger charge is 2.32. The van der Waals surface area contributed by atoms with Crippen molar-refractivity contribution in [2.75, 3.05) is 13.1 Å². The summed E-state index contributed by atoms with van der Waals surface area (Å²) in [4.78, 5) is 24.1. The first-order valence-electron chi connectivity index (χ1n) is 6.51. The van der Waals surface area contributed by atoms with Crippen LogP contribution in [-0.2, 0) is 0 Å². The molecule has 0 unspecified atom stereocenters. The maximum atomic E-state index is 12.4. The summed E-state index contributed by atoms with van der Waals surface area (Å²) in [6, 6.07) is 6.09. The first-order valence-corrected chi connectivity index (χ1v) is 6.88. The van der Waals surface area contributed by atoms with Crippen LogP contribution < -0.4 is 0 Å². The molecule has 1 heterocycles. The summed E-state index contributed by atoms with van der Waals surface area (Å²) in [7, 11) is 0. The lowest BCUT2D eigenvalue weighted by Gasteiger charge is -2.35. The average molecular weight is 308 g/mol. The summed E-state index contributed by atoms with van der Waals surface area (Å²) in [5.74, 6) is -0.255. The van der Waals surface area contributed by atoms with E-state index in [1.165, 1.54) is 18.2 Å². The van der Waals surface area contributed by atoms with Crippen molar-refractivity contribution in [3.63, 3.8) is 0 Å². The number of hydrogen-bond acceptors (Lipinski definition) is 4. The Kier molecular flexibility index (Phi) is 4.14. The summed E-state index contributed by atoms with van der Waals surface area (Å²) in [5.41, 5.74) is -0.286. The quantitative estimate of drug-likeness (QED) is 0.620. The van der Waals surface area contributed by atoms with Crippen molar-refractivity contribution in [3.05, 3.63) is 38.9 Å². The van der Waals surface area contributed by atoms with Gasteiger partial charge in [-0.2, -0.15) is 5.26 Å². The summed E-state index contributed by atoms with van der Waals surface area (Å²) in [5, 5.41) is 19.8. The minimum atomic E-state index is -0.556. The van der Waals surface area contributed by atoms with E-state index in [9.17, 15) is 14.9 Å². The lowest BCUT2D eigenvalue weighted by Crippen LogP contribution is -2.41. The van der Waals surface area contributed by atoms with Gasteiger partial charge < -0.3 is 4.90 Å². The Hall–Kier alpha value is -2.13. The number of likely N-dealkylation sites (tertiary alicyclic amines) is 1. The van der Waals surface area contributed by atoms with Gasteiger partial charge in [-0.05, 0) is 25.8 Å². The van der Waals surface area contributed by atoms with Crippen molar-refractivity contribution in [1.29, 1.82) is 5.26 Å². The Morgan fingerprint density at radius 1 is 1.48 bits per heavy atom. The molecule has 0 N–H and O–H groups in total. The molecule has 1 amide bonds. The Bertz CT molecular complexity index is 631. The number of nitrogens with zero attached hydrogens (tertiary/aromatic N) is 3. The second-order valence-electron chi connectivity index (χ2n) is 5.39. The van der Waals surface area contributed by atoms with E-state index in [2.05, 4.69) is 6.07 Å². The summed E-state index contributed by atoms with van der Waals surface area (Å²) in [6.45, 7) is 2.85. The third kappa shape index (κ3) is 3.14. The molecule has 21 heavy (non-hydrogen) atoms. The van der Waals surface area contributed by atoms with Crippen molar-refractivity contribution >= 4 is 23.2 Å². The Balaban J connectivity index is 2.15. The van der Waals surface area contributed by atoms with Crippen molar-refractivity contribution in [1.82, 2.24) is 4.90 Å². The van der Waals surface area contributed by atoms with Crippen molar-refractivity contribution < 1.29 is 9.72 Å². The second-order valence-corrected chi connectivity index (χ2v) is 5.79. The van der Waals surface area contributed by atoms with Crippen LogP contribution in [0.5, 0.6) is 0 Å². The smallest absolute Gasteiger partial charge is 0.270 e. The number of carbonyl (C=O) groups is 1. The number of benzene rings is 1. The monoisotopic (exact) mass is 307 g/mol. The van der Waals surface area contributed by atoms with E-state index in [1.54, 1.807) is 4.90 Å². The molecule has 2 rings (SSSR count). The van der Waals surface area contributed by atoms with Gasteiger partial charge in [0.25, 0.3) is 11.6 Å².